The van der Waals surface area contributed by atoms with E-state index < -0.39 is 0 Å². The topological polar surface area (TPSA) is 50.4 Å². The Bertz CT molecular complexity index is 706. The molecule has 0 aromatic heterocycles. The van der Waals surface area contributed by atoms with Crippen molar-refractivity contribution in [2.24, 2.45) is 0 Å². The minimum atomic E-state index is -0.285. The van der Waals surface area contributed by atoms with E-state index in [0.29, 0.717) is 22.5 Å². The van der Waals surface area contributed by atoms with Gasteiger partial charge < -0.3 is 15.4 Å². The maximum atomic E-state index is 13.2. The lowest BCUT2D eigenvalue weighted by Crippen LogP contribution is -2.25. The van der Waals surface area contributed by atoms with E-state index in [-0.39, 0.29) is 18.3 Å². The first-order valence-electron chi connectivity index (χ1n) is 6.36. The number of carbonyl (C=O) groups is 1. The summed E-state index contributed by atoms with van der Waals surface area (Å²) in [5.74, 6) is 0.208. The van der Waals surface area contributed by atoms with Crippen molar-refractivity contribution < 1.29 is 13.9 Å². The first kappa shape index (κ1) is 13.9. The van der Waals surface area contributed by atoms with Gasteiger partial charge in [-0.25, -0.2) is 4.39 Å². The molecule has 0 saturated carbocycles. The molecule has 6 heteroatoms. The molecule has 4 nitrogen and oxygen atoms in total. The predicted octanol–water partition coefficient (Wildman–Crippen LogP) is 3.53. The van der Waals surface area contributed by atoms with Crippen molar-refractivity contribution in [2.75, 3.05) is 17.2 Å². The van der Waals surface area contributed by atoms with Crippen LogP contribution in [0.15, 0.2) is 40.9 Å². The number of benzene rings is 2. The smallest absolute Gasteiger partial charge is 0.262 e. The van der Waals surface area contributed by atoms with Crippen LogP contribution in [0.5, 0.6) is 5.75 Å². The van der Waals surface area contributed by atoms with Crippen LogP contribution in [0, 0.1) is 5.82 Å². The second kappa shape index (κ2) is 5.73. The summed E-state index contributed by atoms with van der Waals surface area (Å²) in [6.07, 6.45) is 0. The molecule has 3 rings (SSSR count). The van der Waals surface area contributed by atoms with Gasteiger partial charge in [0.05, 0.1) is 10.2 Å². The molecule has 0 aliphatic carbocycles. The Morgan fingerprint density at radius 1 is 1.29 bits per heavy atom. The van der Waals surface area contributed by atoms with Crippen molar-refractivity contribution in [3.63, 3.8) is 0 Å². The van der Waals surface area contributed by atoms with Gasteiger partial charge in [0.15, 0.2) is 6.61 Å². The van der Waals surface area contributed by atoms with Gasteiger partial charge in [-0.2, -0.15) is 0 Å². The Kier molecular flexibility index (Phi) is 3.79. The number of nitrogens with one attached hydrogen (secondary N) is 2. The Morgan fingerprint density at radius 2 is 2.14 bits per heavy atom. The Hall–Kier alpha value is -2.08. The van der Waals surface area contributed by atoms with Gasteiger partial charge >= 0.3 is 0 Å². The van der Waals surface area contributed by atoms with Gasteiger partial charge in [0.25, 0.3) is 5.91 Å². The molecule has 0 bridgehead atoms. The fourth-order valence-electron chi connectivity index (χ4n) is 2.05. The largest absolute Gasteiger partial charge is 0.482 e. The molecule has 0 atom stereocenters. The molecule has 2 aromatic carbocycles. The first-order chi connectivity index (χ1) is 10.1. The van der Waals surface area contributed by atoms with Crippen LogP contribution in [0.1, 0.15) is 5.56 Å². The highest BCUT2D eigenvalue weighted by molar-refractivity contribution is 9.10. The van der Waals surface area contributed by atoms with E-state index in [1.807, 2.05) is 12.1 Å². The molecule has 0 radical (unpaired) electrons. The van der Waals surface area contributed by atoms with Crippen LogP contribution in [0.2, 0.25) is 0 Å². The number of hydrogen-bond donors (Lipinski definition) is 2. The quantitative estimate of drug-likeness (QED) is 0.890. The third-order valence-corrected chi connectivity index (χ3v) is 3.70. The first-order valence-corrected chi connectivity index (χ1v) is 7.15. The number of rotatable bonds is 3. The molecule has 1 amide bonds. The van der Waals surface area contributed by atoms with Crippen molar-refractivity contribution in [3.05, 3.63) is 52.3 Å². The number of carbonyl (C=O) groups excluding carboxylic acids is 1. The van der Waals surface area contributed by atoms with Crippen molar-refractivity contribution in [1.82, 2.24) is 0 Å². The van der Waals surface area contributed by atoms with Crippen LogP contribution in [-0.2, 0) is 11.3 Å². The monoisotopic (exact) mass is 350 g/mol. The number of anilines is 2. The van der Waals surface area contributed by atoms with Gasteiger partial charge in [-0.05, 0) is 51.8 Å². The maximum absolute atomic E-state index is 13.2. The lowest BCUT2D eigenvalue weighted by Gasteiger charge is -2.19. The second-order valence-corrected chi connectivity index (χ2v) is 5.50. The summed E-state index contributed by atoms with van der Waals surface area (Å²) in [5.41, 5.74) is 2.44. The van der Waals surface area contributed by atoms with Crippen LogP contribution in [0.25, 0.3) is 0 Å². The molecule has 2 N–H and O–H groups in total. The minimum Gasteiger partial charge on any atom is -0.482 e. The third-order valence-electron chi connectivity index (χ3n) is 3.09. The summed E-state index contributed by atoms with van der Waals surface area (Å²) in [6, 6.07) is 10.3. The standard InChI is InChI=1S/C15H12BrFN2O2/c16-11-5-9(1-3-12(11)17)7-18-10-2-4-14-13(6-10)19-15(20)8-21-14/h1-6,18H,7-8H2,(H,19,20). The normalized spacial score (nSPS) is 13.1. The fourth-order valence-corrected chi connectivity index (χ4v) is 2.47. The average molecular weight is 351 g/mol. The summed E-state index contributed by atoms with van der Waals surface area (Å²) < 4.78 is 18.9. The highest BCUT2D eigenvalue weighted by Crippen LogP contribution is 2.30. The van der Waals surface area contributed by atoms with E-state index >= 15 is 0 Å². The lowest BCUT2D eigenvalue weighted by atomic mass is 10.2. The van der Waals surface area contributed by atoms with Gasteiger partial charge in [-0.1, -0.05) is 6.07 Å². The minimum absolute atomic E-state index is 0.0450. The number of ether oxygens (including phenoxy) is 1. The van der Waals surface area contributed by atoms with Crippen molar-refractivity contribution in [1.29, 1.82) is 0 Å². The number of halogens is 2. The van der Waals surface area contributed by atoms with Gasteiger partial charge in [-0.15, -0.1) is 0 Å². The summed E-state index contributed by atoms with van der Waals surface area (Å²) in [5, 5.41) is 5.98. The zero-order chi connectivity index (χ0) is 14.8. The zero-order valence-electron chi connectivity index (χ0n) is 11.0. The van der Waals surface area contributed by atoms with Gasteiger partial charge in [0.1, 0.15) is 11.6 Å². The van der Waals surface area contributed by atoms with Gasteiger partial charge in [0.2, 0.25) is 0 Å². The number of hydrogen-bond acceptors (Lipinski definition) is 3. The van der Waals surface area contributed by atoms with Crippen LogP contribution < -0.4 is 15.4 Å². The molecule has 0 fully saturated rings. The Labute approximate surface area is 129 Å². The van der Waals surface area contributed by atoms with E-state index in [2.05, 4.69) is 26.6 Å². The van der Waals surface area contributed by atoms with E-state index in [9.17, 15) is 9.18 Å². The van der Waals surface area contributed by atoms with E-state index in [4.69, 9.17) is 4.74 Å². The molecule has 1 heterocycles. The SMILES string of the molecule is O=C1COc2ccc(NCc3ccc(F)c(Br)c3)cc2N1. The zero-order valence-corrected chi connectivity index (χ0v) is 12.5. The third kappa shape index (κ3) is 3.16. The van der Waals surface area contributed by atoms with Crippen LogP contribution in [-0.4, -0.2) is 12.5 Å². The molecular formula is C15H12BrFN2O2. The number of amides is 1. The van der Waals surface area contributed by atoms with E-state index in [1.165, 1.54) is 6.07 Å². The molecule has 1 aliphatic heterocycles. The molecule has 0 unspecified atom stereocenters. The summed E-state index contributed by atoms with van der Waals surface area (Å²) >= 11 is 3.16. The molecule has 21 heavy (non-hydrogen) atoms. The van der Waals surface area contributed by atoms with Gasteiger partial charge in [-0.3, -0.25) is 4.79 Å². The van der Waals surface area contributed by atoms with Crippen molar-refractivity contribution in [2.45, 2.75) is 6.54 Å². The Morgan fingerprint density at radius 3 is 2.95 bits per heavy atom. The van der Waals surface area contributed by atoms with Crippen molar-refractivity contribution >= 4 is 33.2 Å². The predicted molar refractivity (Wildman–Crippen MR) is 82.0 cm³/mol. The van der Waals surface area contributed by atoms with Crippen LogP contribution in [0.3, 0.4) is 0 Å². The average Bonchev–Trinajstić information content (AvgIpc) is 2.48. The molecule has 1 aliphatic rings. The van der Waals surface area contributed by atoms with Crippen LogP contribution in [0.4, 0.5) is 15.8 Å². The maximum Gasteiger partial charge on any atom is 0.262 e. The van der Waals surface area contributed by atoms with Crippen molar-refractivity contribution in [3.8, 4) is 5.75 Å². The summed E-state index contributed by atoms with van der Waals surface area (Å²) in [6.45, 7) is 0.593. The molecule has 108 valence electrons. The van der Waals surface area contributed by atoms with Crippen LogP contribution >= 0.6 is 15.9 Å². The second-order valence-electron chi connectivity index (χ2n) is 4.65. The number of fused-ring (bicyclic) bond motifs is 1. The molecule has 2 aromatic rings. The summed E-state index contributed by atoms with van der Waals surface area (Å²) in [7, 11) is 0. The molecule has 0 spiro atoms. The highest BCUT2D eigenvalue weighted by atomic mass is 79.9. The molecule has 0 saturated heterocycles. The summed E-state index contributed by atoms with van der Waals surface area (Å²) in [4.78, 5) is 11.3. The Balaban J connectivity index is 1.72. The highest BCUT2D eigenvalue weighted by Gasteiger charge is 2.15. The fraction of sp³-hybridized carbons (Fsp3) is 0.133. The lowest BCUT2D eigenvalue weighted by molar-refractivity contribution is -0.118. The van der Waals surface area contributed by atoms with E-state index in [1.54, 1.807) is 18.2 Å². The molecular weight excluding hydrogens is 339 g/mol. The van der Waals surface area contributed by atoms with E-state index in [0.717, 1.165) is 11.3 Å². The van der Waals surface area contributed by atoms with Gasteiger partial charge in [0, 0.05) is 12.2 Å².